The van der Waals surface area contributed by atoms with Gasteiger partial charge in [-0.2, -0.15) is 0 Å². The van der Waals surface area contributed by atoms with Crippen LogP contribution < -0.4 is 5.32 Å². The third-order valence-electron chi connectivity index (χ3n) is 4.03. The Balaban J connectivity index is 1.63. The second-order valence-corrected chi connectivity index (χ2v) is 5.26. The summed E-state index contributed by atoms with van der Waals surface area (Å²) in [6.45, 7) is 2.42. The minimum atomic E-state index is -0.175. The summed E-state index contributed by atoms with van der Waals surface area (Å²) >= 11 is 0. The van der Waals surface area contributed by atoms with E-state index in [4.69, 9.17) is 4.74 Å². The lowest BCUT2D eigenvalue weighted by Crippen LogP contribution is -2.41. The zero-order chi connectivity index (χ0) is 11.2. The van der Waals surface area contributed by atoms with Crippen molar-refractivity contribution in [2.45, 2.75) is 57.1 Å². The molecular formula is C13H25NO2. The molecule has 1 saturated carbocycles. The lowest BCUT2D eigenvalue weighted by atomic mass is 9.92. The Morgan fingerprint density at radius 1 is 1.06 bits per heavy atom. The fourth-order valence-electron chi connectivity index (χ4n) is 2.86. The predicted molar refractivity (Wildman–Crippen MR) is 64.4 cm³/mol. The van der Waals surface area contributed by atoms with Gasteiger partial charge in [0.15, 0.2) is 0 Å². The fourth-order valence-corrected chi connectivity index (χ4v) is 2.86. The normalized spacial score (nSPS) is 26.8. The van der Waals surface area contributed by atoms with Gasteiger partial charge in [-0.25, -0.2) is 0 Å². The first kappa shape index (κ1) is 12.3. The molecular weight excluding hydrogens is 202 g/mol. The standard InChI is InChI=1S/C13H25NO2/c15-13(11-6-8-16-9-7-11)10-14-12-4-2-1-3-5-12/h11-15H,1-10H2. The zero-order valence-electron chi connectivity index (χ0n) is 10.2. The van der Waals surface area contributed by atoms with Crippen LogP contribution in [0.2, 0.25) is 0 Å². The lowest BCUT2D eigenvalue weighted by molar-refractivity contribution is 0.00723. The number of aliphatic hydroxyl groups is 1. The largest absolute Gasteiger partial charge is 0.392 e. The molecule has 0 amide bonds. The highest BCUT2D eigenvalue weighted by Crippen LogP contribution is 2.20. The van der Waals surface area contributed by atoms with Gasteiger partial charge in [-0.15, -0.1) is 0 Å². The van der Waals surface area contributed by atoms with E-state index in [1.807, 2.05) is 0 Å². The summed E-state index contributed by atoms with van der Waals surface area (Å²) in [6, 6.07) is 0.656. The van der Waals surface area contributed by atoms with Crippen LogP contribution in [0.4, 0.5) is 0 Å². The van der Waals surface area contributed by atoms with Gasteiger partial charge in [0.25, 0.3) is 0 Å². The maximum Gasteiger partial charge on any atom is 0.0694 e. The average molecular weight is 227 g/mol. The van der Waals surface area contributed by atoms with Crippen LogP contribution in [0.15, 0.2) is 0 Å². The van der Waals surface area contributed by atoms with Crippen molar-refractivity contribution >= 4 is 0 Å². The van der Waals surface area contributed by atoms with E-state index < -0.39 is 0 Å². The Morgan fingerprint density at radius 2 is 1.75 bits per heavy atom. The molecule has 0 spiro atoms. The molecule has 0 aromatic carbocycles. The highest BCUT2D eigenvalue weighted by Gasteiger charge is 2.23. The highest BCUT2D eigenvalue weighted by molar-refractivity contribution is 4.77. The van der Waals surface area contributed by atoms with Gasteiger partial charge in [-0.3, -0.25) is 0 Å². The molecule has 1 saturated heterocycles. The van der Waals surface area contributed by atoms with Gasteiger partial charge in [0, 0.05) is 25.8 Å². The summed E-state index contributed by atoms with van der Waals surface area (Å²) in [5, 5.41) is 13.6. The maximum atomic E-state index is 10.1. The molecule has 0 radical (unpaired) electrons. The predicted octanol–water partition coefficient (Wildman–Crippen LogP) is 1.70. The molecule has 0 bridgehead atoms. The molecule has 2 N–H and O–H groups in total. The number of ether oxygens (including phenoxy) is 1. The van der Waals surface area contributed by atoms with Gasteiger partial charge in [0.2, 0.25) is 0 Å². The Labute approximate surface area is 98.6 Å². The number of aliphatic hydroxyl groups excluding tert-OH is 1. The van der Waals surface area contributed by atoms with Crippen LogP contribution in [0.3, 0.4) is 0 Å². The molecule has 3 nitrogen and oxygen atoms in total. The Bertz CT molecular complexity index is 186. The monoisotopic (exact) mass is 227 g/mol. The average Bonchev–Trinajstić information content (AvgIpc) is 2.38. The minimum Gasteiger partial charge on any atom is -0.392 e. The number of hydrogen-bond donors (Lipinski definition) is 2. The van der Waals surface area contributed by atoms with Crippen molar-refractivity contribution in [3.8, 4) is 0 Å². The van der Waals surface area contributed by atoms with Gasteiger partial charge >= 0.3 is 0 Å². The summed E-state index contributed by atoms with van der Waals surface area (Å²) in [6.07, 6.45) is 8.55. The molecule has 1 aliphatic carbocycles. The summed E-state index contributed by atoms with van der Waals surface area (Å²) in [4.78, 5) is 0. The first-order chi connectivity index (χ1) is 7.86. The summed E-state index contributed by atoms with van der Waals surface area (Å²) in [5.41, 5.74) is 0. The van der Waals surface area contributed by atoms with E-state index in [2.05, 4.69) is 5.32 Å². The van der Waals surface area contributed by atoms with Crippen LogP contribution in [0.5, 0.6) is 0 Å². The first-order valence-electron chi connectivity index (χ1n) is 6.85. The SMILES string of the molecule is OC(CNC1CCCCC1)C1CCOCC1. The molecule has 94 valence electrons. The van der Waals surface area contributed by atoms with E-state index in [9.17, 15) is 5.11 Å². The van der Waals surface area contributed by atoms with Crippen molar-refractivity contribution in [2.75, 3.05) is 19.8 Å². The third-order valence-corrected chi connectivity index (χ3v) is 4.03. The quantitative estimate of drug-likeness (QED) is 0.768. The second kappa shape index (κ2) is 6.58. The van der Waals surface area contributed by atoms with Gasteiger partial charge in [0.05, 0.1) is 6.10 Å². The third kappa shape index (κ3) is 3.72. The molecule has 1 heterocycles. The van der Waals surface area contributed by atoms with Crippen molar-refractivity contribution in [3.63, 3.8) is 0 Å². The molecule has 1 unspecified atom stereocenters. The number of rotatable bonds is 4. The van der Waals surface area contributed by atoms with Crippen LogP contribution in [-0.4, -0.2) is 37.0 Å². The molecule has 0 aromatic rings. The maximum absolute atomic E-state index is 10.1. The van der Waals surface area contributed by atoms with Crippen molar-refractivity contribution in [3.05, 3.63) is 0 Å². The van der Waals surface area contributed by atoms with E-state index in [0.29, 0.717) is 12.0 Å². The van der Waals surface area contributed by atoms with Crippen molar-refractivity contribution in [1.82, 2.24) is 5.32 Å². The number of nitrogens with one attached hydrogen (secondary N) is 1. The van der Waals surface area contributed by atoms with Crippen LogP contribution in [0.25, 0.3) is 0 Å². The minimum absolute atomic E-state index is 0.175. The summed E-state index contributed by atoms with van der Waals surface area (Å²) in [5.74, 6) is 0.449. The molecule has 3 heteroatoms. The summed E-state index contributed by atoms with van der Waals surface area (Å²) < 4.78 is 5.31. The van der Waals surface area contributed by atoms with Gasteiger partial charge in [-0.05, 0) is 31.6 Å². The van der Waals surface area contributed by atoms with Crippen LogP contribution in [-0.2, 0) is 4.74 Å². The van der Waals surface area contributed by atoms with Crippen LogP contribution in [0, 0.1) is 5.92 Å². The van der Waals surface area contributed by atoms with E-state index in [1.54, 1.807) is 0 Å². The zero-order valence-corrected chi connectivity index (χ0v) is 10.2. The van der Waals surface area contributed by atoms with E-state index in [1.165, 1.54) is 32.1 Å². The van der Waals surface area contributed by atoms with Crippen molar-refractivity contribution in [1.29, 1.82) is 0 Å². The van der Waals surface area contributed by atoms with E-state index in [0.717, 1.165) is 32.6 Å². The van der Waals surface area contributed by atoms with Gasteiger partial charge in [-0.1, -0.05) is 19.3 Å². The van der Waals surface area contributed by atoms with Crippen molar-refractivity contribution in [2.24, 2.45) is 5.92 Å². The van der Waals surface area contributed by atoms with Gasteiger partial charge in [0.1, 0.15) is 0 Å². The topological polar surface area (TPSA) is 41.5 Å². The molecule has 1 aliphatic heterocycles. The molecule has 16 heavy (non-hydrogen) atoms. The molecule has 2 rings (SSSR count). The fraction of sp³-hybridized carbons (Fsp3) is 1.00. The Morgan fingerprint density at radius 3 is 2.44 bits per heavy atom. The molecule has 0 aromatic heterocycles. The Kier molecular flexibility index (Phi) is 5.07. The summed E-state index contributed by atoms with van der Waals surface area (Å²) in [7, 11) is 0. The van der Waals surface area contributed by atoms with Crippen LogP contribution >= 0.6 is 0 Å². The highest BCUT2D eigenvalue weighted by atomic mass is 16.5. The smallest absolute Gasteiger partial charge is 0.0694 e. The molecule has 2 aliphatic rings. The van der Waals surface area contributed by atoms with Crippen LogP contribution in [0.1, 0.15) is 44.9 Å². The lowest BCUT2D eigenvalue weighted by Gasteiger charge is -2.29. The van der Waals surface area contributed by atoms with Gasteiger partial charge < -0.3 is 15.2 Å². The first-order valence-corrected chi connectivity index (χ1v) is 6.85. The molecule has 2 fully saturated rings. The second-order valence-electron chi connectivity index (χ2n) is 5.26. The number of hydrogen-bond acceptors (Lipinski definition) is 3. The molecule has 1 atom stereocenters. The van der Waals surface area contributed by atoms with Crippen molar-refractivity contribution < 1.29 is 9.84 Å². The Hall–Kier alpha value is -0.120. The van der Waals surface area contributed by atoms with E-state index in [-0.39, 0.29) is 6.10 Å². The van der Waals surface area contributed by atoms with E-state index >= 15 is 0 Å².